The van der Waals surface area contributed by atoms with Crippen LogP contribution in [-0.4, -0.2) is 67.7 Å². The molecule has 1 aliphatic heterocycles. The van der Waals surface area contributed by atoms with Crippen molar-refractivity contribution >= 4 is 21.6 Å². The number of sulfonamides is 1. The van der Waals surface area contributed by atoms with Gasteiger partial charge in [0.25, 0.3) is 5.69 Å². The van der Waals surface area contributed by atoms with Crippen LogP contribution in [0.15, 0.2) is 29.2 Å². The third-order valence-corrected chi connectivity index (χ3v) is 6.56. The molecule has 142 valence electrons. The number of amides is 1. The average molecular weight is 382 g/mol. The van der Waals surface area contributed by atoms with Gasteiger partial charge in [-0.2, -0.15) is 4.31 Å². The third-order valence-electron chi connectivity index (χ3n) is 4.66. The van der Waals surface area contributed by atoms with Crippen molar-refractivity contribution in [1.29, 1.82) is 0 Å². The molecule has 26 heavy (non-hydrogen) atoms. The van der Waals surface area contributed by atoms with E-state index in [1.54, 1.807) is 4.90 Å². The van der Waals surface area contributed by atoms with Crippen LogP contribution < -0.4 is 5.32 Å². The summed E-state index contributed by atoms with van der Waals surface area (Å²) in [6.07, 6.45) is 2.44. The van der Waals surface area contributed by atoms with Crippen molar-refractivity contribution in [2.24, 2.45) is 5.92 Å². The Morgan fingerprint density at radius 1 is 1.23 bits per heavy atom. The first-order chi connectivity index (χ1) is 12.4. The molecule has 1 saturated heterocycles. The molecule has 1 heterocycles. The van der Waals surface area contributed by atoms with Gasteiger partial charge in [0.1, 0.15) is 0 Å². The number of carbonyl (C=O) groups is 1. The molecular formula is C16H22N4O5S. The van der Waals surface area contributed by atoms with Gasteiger partial charge in [0.05, 0.1) is 16.4 Å². The molecule has 2 aliphatic rings. The fourth-order valence-corrected chi connectivity index (χ4v) is 4.36. The molecular weight excluding hydrogens is 360 g/mol. The Kier molecular flexibility index (Phi) is 5.54. The number of rotatable bonds is 7. The number of non-ortho nitro benzene ring substituents is 1. The predicted molar refractivity (Wildman–Crippen MR) is 94.0 cm³/mol. The molecule has 2 fully saturated rings. The first-order valence-electron chi connectivity index (χ1n) is 8.61. The number of nitrogens with zero attached hydrogens (tertiary/aromatic N) is 3. The van der Waals surface area contributed by atoms with Crippen LogP contribution in [0.2, 0.25) is 0 Å². The standard InChI is InChI=1S/C16H22N4O5S/c21-16(12-17-11-13-4-5-13)18-6-8-19(9-7-18)26(24,25)15-3-1-2-14(10-15)20(22)23/h1-3,10,13,17H,4-9,11-12H2. The van der Waals surface area contributed by atoms with Gasteiger partial charge in [0.15, 0.2) is 0 Å². The van der Waals surface area contributed by atoms with Crippen LogP contribution in [0.3, 0.4) is 0 Å². The normalized spacial score (nSPS) is 18.7. The summed E-state index contributed by atoms with van der Waals surface area (Å²) in [4.78, 5) is 24.0. The molecule has 0 radical (unpaired) electrons. The minimum Gasteiger partial charge on any atom is -0.339 e. The number of piperazine rings is 1. The average Bonchev–Trinajstić information content (AvgIpc) is 3.46. The van der Waals surface area contributed by atoms with E-state index in [4.69, 9.17) is 0 Å². The lowest BCUT2D eigenvalue weighted by Gasteiger charge is -2.34. The van der Waals surface area contributed by atoms with E-state index in [9.17, 15) is 23.3 Å². The van der Waals surface area contributed by atoms with Gasteiger partial charge in [-0.1, -0.05) is 6.07 Å². The van der Waals surface area contributed by atoms with E-state index < -0.39 is 14.9 Å². The quantitative estimate of drug-likeness (QED) is 0.540. The Morgan fingerprint density at radius 3 is 2.54 bits per heavy atom. The van der Waals surface area contributed by atoms with Crippen LogP contribution in [0.25, 0.3) is 0 Å². The predicted octanol–water partition coefficient (Wildman–Crippen LogP) is 0.427. The number of nitro benzene ring substituents is 1. The Morgan fingerprint density at radius 2 is 1.92 bits per heavy atom. The van der Waals surface area contributed by atoms with Crippen LogP contribution in [0.1, 0.15) is 12.8 Å². The van der Waals surface area contributed by atoms with E-state index in [1.807, 2.05) is 0 Å². The van der Waals surface area contributed by atoms with E-state index in [0.717, 1.165) is 12.6 Å². The zero-order valence-corrected chi connectivity index (χ0v) is 15.2. The summed E-state index contributed by atoms with van der Waals surface area (Å²) in [7, 11) is -3.81. The molecule has 1 N–H and O–H groups in total. The number of nitro groups is 1. The highest BCUT2D eigenvalue weighted by Gasteiger charge is 2.31. The summed E-state index contributed by atoms with van der Waals surface area (Å²) in [5.74, 6) is 0.665. The van der Waals surface area contributed by atoms with E-state index in [2.05, 4.69) is 5.32 Å². The maximum Gasteiger partial charge on any atom is 0.270 e. The van der Waals surface area contributed by atoms with Crippen LogP contribution in [0.4, 0.5) is 5.69 Å². The molecule has 0 bridgehead atoms. The van der Waals surface area contributed by atoms with Crippen LogP contribution in [0.5, 0.6) is 0 Å². The highest BCUT2D eigenvalue weighted by Crippen LogP contribution is 2.27. The van der Waals surface area contributed by atoms with Crippen molar-refractivity contribution in [1.82, 2.24) is 14.5 Å². The summed E-state index contributed by atoms with van der Waals surface area (Å²) in [6, 6.07) is 5.02. The maximum absolute atomic E-state index is 12.7. The lowest BCUT2D eigenvalue weighted by atomic mass is 10.3. The molecule has 1 amide bonds. The molecule has 1 saturated carbocycles. The monoisotopic (exact) mass is 382 g/mol. The second-order valence-electron chi connectivity index (χ2n) is 6.61. The molecule has 0 unspecified atom stereocenters. The van der Waals surface area contributed by atoms with E-state index >= 15 is 0 Å². The fourth-order valence-electron chi connectivity index (χ4n) is 2.90. The Labute approximate surface area is 152 Å². The van der Waals surface area contributed by atoms with Crippen LogP contribution in [-0.2, 0) is 14.8 Å². The first-order valence-corrected chi connectivity index (χ1v) is 10.0. The summed E-state index contributed by atoms with van der Waals surface area (Å²) in [6.45, 7) is 2.12. The Bertz CT molecular complexity index is 786. The van der Waals surface area contributed by atoms with Crippen molar-refractivity contribution in [3.63, 3.8) is 0 Å². The van der Waals surface area contributed by atoms with Crippen molar-refractivity contribution in [2.45, 2.75) is 17.7 Å². The van der Waals surface area contributed by atoms with Crippen molar-refractivity contribution in [3.05, 3.63) is 34.4 Å². The lowest BCUT2D eigenvalue weighted by Crippen LogP contribution is -2.52. The molecule has 10 heteroatoms. The summed E-state index contributed by atoms with van der Waals surface area (Å²) in [5.41, 5.74) is -0.262. The summed E-state index contributed by atoms with van der Waals surface area (Å²) >= 11 is 0. The van der Waals surface area contributed by atoms with Gasteiger partial charge in [0.2, 0.25) is 15.9 Å². The molecule has 1 aromatic rings. The summed E-state index contributed by atoms with van der Waals surface area (Å²) < 4.78 is 26.6. The van der Waals surface area contributed by atoms with Gasteiger partial charge in [-0.05, 0) is 31.4 Å². The van der Waals surface area contributed by atoms with Crippen LogP contribution >= 0.6 is 0 Å². The minimum absolute atomic E-state index is 0.0296. The number of carbonyl (C=O) groups excluding carboxylic acids is 1. The van der Waals surface area contributed by atoms with Gasteiger partial charge in [-0.15, -0.1) is 0 Å². The smallest absolute Gasteiger partial charge is 0.270 e. The van der Waals surface area contributed by atoms with Crippen molar-refractivity contribution < 1.29 is 18.1 Å². The molecule has 0 aromatic heterocycles. The van der Waals surface area contributed by atoms with Crippen molar-refractivity contribution in [3.8, 4) is 0 Å². The fraction of sp³-hybridized carbons (Fsp3) is 0.562. The number of benzene rings is 1. The minimum atomic E-state index is -3.81. The molecule has 1 aliphatic carbocycles. The first kappa shape index (κ1) is 18.7. The lowest BCUT2D eigenvalue weighted by molar-refractivity contribution is -0.385. The molecule has 0 spiro atoms. The number of hydrogen-bond acceptors (Lipinski definition) is 6. The largest absolute Gasteiger partial charge is 0.339 e. The third kappa shape index (κ3) is 4.37. The second-order valence-corrected chi connectivity index (χ2v) is 8.55. The molecule has 1 aromatic carbocycles. The molecule has 9 nitrogen and oxygen atoms in total. The van der Waals surface area contributed by atoms with Crippen LogP contribution in [0, 0.1) is 16.0 Å². The number of nitrogens with one attached hydrogen (secondary N) is 1. The Balaban J connectivity index is 1.56. The van der Waals surface area contributed by atoms with Gasteiger partial charge in [0, 0.05) is 38.3 Å². The Hall–Kier alpha value is -2.04. The van der Waals surface area contributed by atoms with E-state index in [-0.39, 0.29) is 36.1 Å². The van der Waals surface area contributed by atoms with E-state index in [0.29, 0.717) is 19.0 Å². The van der Waals surface area contributed by atoms with Crippen molar-refractivity contribution in [2.75, 3.05) is 39.3 Å². The molecule has 0 atom stereocenters. The van der Waals surface area contributed by atoms with Gasteiger partial charge < -0.3 is 10.2 Å². The van der Waals surface area contributed by atoms with E-state index in [1.165, 1.54) is 35.3 Å². The highest BCUT2D eigenvalue weighted by molar-refractivity contribution is 7.89. The zero-order chi connectivity index (χ0) is 18.7. The maximum atomic E-state index is 12.7. The topological polar surface area (TPSA) is 113 Å². The van der Waals surface area contributed by atoms with Gasteiger partial charge in [-0.3, -0.25) is 14.9 Å². The van der Waals surface area contributed by atoms with Gasteiger partial charge in [-0.25, -0.2) is 8.42 Å². The molecule has 3 rings (SSSR count). The van der Waals surface area contributed by atoms with Gasteiger partial charge >= 0.3 is 0 Å². The second kappa shape index (κ2) is 7.68. The highest BCUT2D eigenvalue weighted by atomic mass is 32.2. The zero-order valence-electron chi connectivity index (χ0n) is 14.3. The summed E-state index contributed by atoms with van der Waals surface area (Å²) in [5, 5.41) is 14.0. The number of hydrogen-bond donors (Lipinski definition) is 1. The SMILES string of the molecule is O=C(CNCC1CC1)N1CCN(S(=O)(=O)c2cccc([N+](=O)[O-])c2)CC1.